The Hall–Kier alpha value is -2.74. The smallest absolute Gasteiger partial charge is 0.222 e. The minimum Gasteiger partial charge on any atom is -0.494 e. The Morgan fingerprint density at radius 3 is 2.92 bits per heavy atom. The summed E-state index contributed by atoms with van der Waals surface area (Å²) in [4.78, 5) is 8.25. The number of nitrogens with two attached hydrogens (primary N) is 1. The maximum atomic E-state index is 9.25. The maximum Gasteiger partial charge on any atom is 0.222 e. The number of ether oxygens (including phenoxy) is 2. The molecule has 1 aromatic rings. The van der Waals surface area contributed by atoms with Gasteiger partial charge in [0.25, 0.3) is 0 Å². The first-order valence-corrected chi connectivity index (χ1v) is 8.61. The van der Waals surface area contributed by atoms with Crippen LogP contribution in [0.5, 0.6) is 5.75 Å². The first kappa shape index (κ1) is 19.6. The molecule has 0 amide bonds. The molecule has 0 spiro atoms. The van der Waals surface area contributed by atoms with E-state index in [-0.39, 0.29) is 25.2 Å². The van der Waals surface area contributed by atoms with Crippen molar-refractivity contribution in [2.45, 2.75) is 32.2 Å². The van der Waals surface area contributed by atoms with E-state index in [1.54, 1.807) is 13.3 Å². The number of methoxy groups -OCH3 is 1. The number of hydrogen-bond donors (Lipinski definition) is 4. The Kier molecular flexibility index (Phi) is 7.28. The molecule has 2 heterocycles. The quantitative estimate of drug-likeness (QED) is 0.500. The van der Waals surface area contributed by atoms with Gasteiger partial charge in [-0.3, -0.25) is 0 Å². The molecule has 0 unspecified atom stereocenters. The Morgan fingerprint density at radius 2 is 2.23 bits per heavy atom. The van der Waals surface area contributed by atoms with Crippen LogP contribution in [0.15, 0.2) is 42.1 Å². The first-order valence-electron chi connectivity index (χ1n) is 8.61. The van der Waals surface area contributed by atoms with E-state index in [4.69, 9.17) is 15.2 Å². The fourth-order valence-electron chi connectivity index (χ4n) is 2.67. The number of dihydropyridines is 1. The van der Waals surface area contributed by atoms with Crippen molar-refractivity contribution < 1.29 is 14.6 Å². The zero-order chi connectivity index (χ0) is 18.9. The zero-order valence-electron chi connectivity index (χ0n) is 15.3. The molecular formula is C18H27N5O3. The van der Waals surface area contributed by atoms with E-state index in [1.165, 1.54) is 6.20 Å². The van der Waals surface area contributed by atoms with Crippen molar-refractivity contribution in [3.05, 3.63) is 42.1 Å². The lowest BCUT2D eigenvalue weighted by molar-refractivity contribution is 0.274. The van der Waals surface area contributed by atoms with Gasteiger partial charge in [0, 0.05) is 24.4 Å². The van der Waals surface area contributed by atoms with Crippen molar-refractivity contribution in [1.82, 2.24) is 15.3 Å². The van der Waals surface area contributed by atoms with Gasteiger partial charge in [0.2, 0.25) is 5.95 Å². The fraction of sp³-hybridized carbons (Fsp3) is 0.444. The normalized spacial score (nSPS) is 14.8. The monoisotopic (exact) mass is 361 g/mol. The Balaban J connectivity index is 2.15. The minimum absolute atomic E-state index is 0.0749. The Bertz CT molecular complexity index is 681. The summed E-state index contributed by atoms with van der Waals surface area (Å²) in [6.45, 7) is 6.35. The largest absolute Gasteiger partial charge is 0.494 e. The van der Waals surface area contributed by atoms with E-state index < -0.39 is 0 Å². The molecule has 0 fully saturated rings. The van der Waals surface area contributed by atoms with Crippen molar-refractivity contribution in [2.24, 2.45) is 0 Å². The lowest BCUT2D eigenvalue weighted by Gasteiger charge is -2.21. The molecule has 0 saturated heterocycles. The SMILES string of the molecule is C=C1C=CNC(COc2cnc(N)nc2N[C@@H](CCC)CCO)=C1OC. The fourth-order valence-corrected chi connectivity index (χ4v) is 2.67. The molecule has 5 N–H and O–H groups in total. The summed E-state index contributed by atoms with van der Waals surface area (Å²) >= 11 is 0. The lowest BCUT2D eigenvalue weighted by atomic mass is 10.1. The van der Waals surface area contributed by atoms with Gasteiger partial charge in [-0.15, -0.1) is 0 Å². The number of aliphatic hydroxyl groups excluding tert-OH is 1. The number of nitrogens with one attached hydrogen (secondary N) is 2. The second kappa shape index (κ2) is 9.67. The number of hydrogen-bond acceptors (Lipinski definition) is 8. The number of nitrogen functional groups attached to an aromatic ring is 1. The van der Waals surface area contributed by atoms with Crippen LogP contribution in [0, 0.1) is 0 Å². The molecule has 0 aromatic carbocycles. The van der Waals surface area contributed by atoms with Crippen LogP contribution in [0.2, 0.25) is 0 Å². The van der Waals surface area contributed by atoms with Gasteiger partial charge in [-0.25, -0.2) is 4.98 Å². The molecule has 8 heteroatoms. The van der Waals surface area contributed by atoms with Crippen LogP contribution in [-0.4, -0.2) is 41.4 Å². The molecule has 142 valence electrons. The topological polar surface area (TPSA) is 115 Å². The summed E-state index contributed by atoms with van der Waals surface area (Å²) in [7, 11) is 1.59. The molecule has 1 aliphatic heterocycles. The molecule has 0 saturated carbocycles. The van der Waals surface area contributed by atoms with Crippen LogP contribution < -0.4 is 21.1 Å². The summed E-state index contributed by atoms with van der Waals surface area (Å²) in [5.41, 5.74) is 7.24. The average molecular weight is 361 g/mol. The van der Waals surface area contributed by atoms with Gasteiger partial charge in [-0.05, 0) is 18.9 Å². The molecule has 0 aliphatic carbocycles. The van der Waals surface area contributed by atoms with Crippen molar-refractivity contribution in [3.8, 4) is 5.75 Å². The van der Waals surface area contributed by atoms with Crippen molar-refractivity contribution in [2.75, 3.05) is 31.4 Å². The van der Waals surface area contributed by atoms with Crippen molar-refractivity contribution in [3.63, 3.8) is 0 Å². The second-order valence-electron chi connectivity index (χ2n) is 5.89. The average Bonchev–Trinajstić information content (AvgIpc) is 2.61. The summed E-state index contributed by atoms with van der Waals surface area (Å²) < 4.78 is 11.3. The van der Waals surface area contributed by atoms with E-state index in [1.807, 2.05) is 6.08 Å². The standard InChI is InChI=1S/C18H27N5O3/c1-4-5-13(7-9-24)22-17-15(10-21-18(19)23-17)26-11-14-16(25-3)12(2)6-8-20-14/h6,8,10,13,20,24H,2,4-5,7,9,11H2,1,3H3,(H3,19,21,22,23)/t13-/m0/s1. The van der Waals surface area contributed by atoms with Gasteiger partial charge in [0.15, 0.2) is 11.6 Å². The Labute approximate surface area is 153 Å². The maximum absolute atomic E-state index is 9.25. The third-order valence-corrected chi connectivity index (χ3v) is 3.91. The summed E-state index contributed by atoms with van der Waals surface area (Å²) in [6, 6.07) is 0.0749. The molecule has 1 aromatic heterocycles. The van der Waals surface area contributed by atoms with E-state index in [0.717, 1.165) is 24.1 Å². The lowest BCUT2D eigenvalue weighted by Crippen LogP contribution is -2.23. The van der Waals surface area contributed by atoms with Gasteiger partial charge >= 0.3 is 0 Å². The van der Waals surface area contributed by atoms with Crippen LogP contribution in [0.3, 0.4) is 0 Å². The van der Waals surface area contributed by atoms with Crippen LogP contribution in [0.25, 0.3) is 0 Å². The van der Waals surface area contributed by atoms with Crippen molar-refractivity contribution >= 4 is 11.8 Å². The highest BCUT2D eigenvalue weighted by atomic mass is 16.5. The number of aromatic nitrogens is 2. The molecule has 1 atom stereocenters. The predicted molar refractivity (Wildman–Crippen MR) is 101 cm³/mol. The third kappa shape index (κ3) is 5.13. The number of anilines is 2. The molecule has 2 rings (SSSR count). The van der Waals surface area contributed by atoms with E-state index in [0.29, 0.717) is 23.7 Å². The van der Waals surface area contributed by atoms with Gasteiger partial charge in [-0.2, -0.15) is 4.98 Å². The summed E-state index contributed by atoms with van der Waals surface area (Å²) in [5, 5.41) is 15.6. The van der Waals surface area contributed by atoms with Crippen molar-refractivity contribution in [1.29, 1.82) is 0 Å². The number of nitrogens with zero attached hydrogens (tertiary/aromatic N) is 2. The number of allylic oxidation sites excluding steroid dienone is 1. The zero-order valence-corrected chi connectivity index (χ0v) is 15.3. The molecule has 26 heavy (non-hydrogen) atoms. The van der Waals surface area contributed by atoms with E-state index >= 15 is 0 Å². The molecule has 0 radical (unpaired) electrons. The van der Waals surface area contributed by atoms with Crippen LogP contribution in [0.4, 0.5) is 11.8 Å². The van der Waals surface area contributed by atoms with Gasteiger partial charge in [0.1, 0.15) is 12.4 Å². The molecule has 0 bridgehead atoms. The van der Waals surface area contributed by atoms with E-state index in [9.17, 15) is 5.11 Å². The minimum atomic E-state index is 0.0749. The highest BCUT2D eigenvalue weighted by molar-refractivity contribution is 5.52. The Morgan fingerprint density at radius 1 is 1.42 bits per heavy atom. The number of aliphatic hydroxyl groups is 1. The van der Waals surface area contributed by atoms with Crippen LogP contribution in [0.1, 0.15) is 26.2 Å². The molecular weight excluding hydrogens is 334 g/mol. The predicted octanol–water partition coefficient (Wildman–Crippen LogP) is 1.93. The van der Waals surface area contributed by atoms with Gasteiger partial charge in [0.05, 0.1) is 19.0 Å². The molecule has 8 nitrogen and oxygen atoms in total. The van der Waals surface area contributed by atoms with Gasteiger partial charge < -0.3 is 30.9 Å². The molecule has 1 aliphatic rings. The summed E-state index contributed by atoms with van der Waals surface area (Å²) in [6.07, 6.45) is 7.63. The van der Waals surface area contributed by atoms with Crippen LogP contribution in [-0.2, 0) is 4.74 Å². The third-order valence-electron chi connectivity index (χ3n) is 3.91. The first-order chi connectivity index (χ1) is 12.6. The van der Waals surface area contributed by atoms with E-state index in [2.05, 4.69) is 34.1 Å². The van der Waals surface area contributed by atoms with Crippen LogP contribution >= 0.6 is 0 Å². The number of rotatable bonds is 10. The second-order valence-corrected chi connectivity index (χ2v) is 5.89. The highest BCUT2D eigenvalue weighted by Gasteiger charge is 2.17. The highest BCUT2D eigenvalue weighted by Crippen LogP contribution is 2.25. The van der Waals surface area contributed by atoms with Gasteiger partial charge in [-0.1, -0.05) is 19.9 Å². The summed E-state index contributed by atoms with van der Waals surface area (Å²) in [5.74, 6) is 1.78.